The summed E-state index contributed by atoms with van der Waals surface area (Å²) in [5.41, 5.74) is 0.659. The van der Waals surface area contributed by atoms with Crippen LogP contribution in [-0.2, 0) is 0 Å². The van der Waals surface area contributed by atoms with Gasteiger partial charge in [-0.25, -0.2) is 0 Å². The van der Waals surface area contributed by atoms with Crippen LogP contribution < -0.4 is 5.32 Å². The lowest BCUT2D eigenvalue weighted by atomic mass is 9.74. The summed E-state index contributed by atoms with van der Waals surface area (Å²) in [6.07, 6.45) is 23.1. The van der Waals surface area contributed by atoms with Crippen LogP contribution in [0.25, 0.3) is 0 Å². The Morgan fingerprint density at radius 2 is 1.13 bits per heavy atom. The minimum absolute atomic E-state index is 0.659. The van der Waals surface area contributed by atoms with Crippen LogP contribution in [0.5, 0.6) is 0 Å². The van der Waals surface area contributed by atoms with E-state index in [1.165, 1.54) is 109 Å². The molecule has 1 nitrogen and oxygen atoms in total. The fraction of sp³-hybridized carbons (Fsp3) is 1.00. The zero-order valence-electron chi connectivity index (χ0n) is 23.8. The Kier molecular flexibility index (Phi) is 24.7. The molecule has 1 heteroatoms. The minimum atomic E-state index is 0.659. The molecule has 1 aliphatic heterocycles. The maximum Gasteiger partial charge on any atom is 0.00952 e. The second kappa shape index (κ2) is 23.1. The van der Waals surface area contributed by atoms with E-state index in [9.17, 15) is 0 Å². The first-order chi connectivity index (χ1) is 15.0. The van der Waals surface area contributed by atoms with Crippen molar-refractivity contribution in [1.82, 2.24) is 5.32 Å². The molecule has 3 fully saturated rings. The van der Waals surface area contributed by atoms with Gasteiger partial charge in [0.15, 0.2) is 0 Å². The molecule has 31 heavy (non-hydrogen) atoms. The fourth-order valence-corrected chi connectivity index (χ4v) is 4.99. The summed E-state index contributed by atoms with van der Waals surface area (Å²) in [7, 11) is 0. The van der Waals surface area contributed by atoms with Gasteiger partial charge in [-0.1, -0.05) is 127 Å². The summed E-state index contributed by atoms with van der Waals surface area (Å²) >= 11 is 0. The maximum absolute atomic E-state index is 3.65. The molecular formula is C30H65N. The molecule has 190 valence electrons. The summed E-state index contributed by atoms with van der Waals surface area (Å²) < 4.78 is 0. The number of nitrogens with one attached hydrogen (secondary N) is 1. The van der Waals surface area contributed by atoms with Gasteiger partial charge < -0.3 is 5.32 Å². The van der Waals surface area contributed by atoms with Crippen molar-refractivity contribution in [2.24, 2.45) is 17.3 Å². The third-order valence-electron chi connectivity index (χ3n) is 7.11. The zero-order valence-corrected chi connectivity index (χ0v) is 23.8. The molecule has 2 aliphatic carbocycles. The van der Waals surface area contributed by atoms with Gasteiger partial charge in [-0.15, -0.1) is 0 Å². The van der Waals surface area contributed by atoms with E-state index in [0.29, 0.717) is 5.41 Å². The number of hydrogen-bond acceptors (Lipinski definition) is 1. The Morgan fingerprint density at radius 3 is 1.52 bits per heavy atom. The average molecular weight is 440 g/mol. The molecule has 2 saturated carbocycles. The smallest absolute Gasteiger partial charge is 0.00952 e. The first-order valence-electron chi connectivity index (χ1n) is 14.7. The summed E-state index contributed by atoms with van der Waals surface area (Å²) in [6, 6.07) is 0.837. The molecule has 0 aromatic heterocycles. The van der Waals surface area contributed by atoms with Gasteiger partial charge in [-0.05, 0) is 62.3 Å². The molecule has 0 aromatic rings. The summed E-state index contributed by atoms with van der Waals surface area (Å²) in [5.74, 6) is 1.97. The van der Waals surface area contributed by atoms with Crippen LogP contribution in [0, 0.1) is 17.3 Å². The van der Waals surface area contributed by atoms with Gasteiger partial charge in [0.25, 0.3) is 0 Å². The Hall–Kier alpha value is -0.0400. The lowest BCUT2D eigenvalue weighted by Crippen LogP contribution is -2.41. The second-order valence-corrected chi connectivity index (χ2v) is 10.5. The van der Waals surface area contributed by atoms with Gasteiger partial charge in [-0.2, -0.15) is 0 Å². The standard InChI is InChI=1S/C11H23N.C9H18.C6H12.2C2H6/c1-3-6-10-8-5-9-12-11(10)7-4-2;1-8-4-6-9(2,3)7-5-8;1-2-4-6-5-3-1;2*1-2/h10-12H,3-9H2,1-2H3;8H,4-7H2,1-3H3;1-6H2;2*1-2H3. The number of rotatable bonds is 4. The maximum atomic E-state index is 3.65. The topological polar surface area (TPSA) is 12.0 Å². The Morgan fingerprint density at radius 1 is 0.677 bits per heavy atom. The molecule has 0 spiro atoms. The van der Waals surface area contributed by atoms with Crippen LogP contribution in [-0.4, -0.2) is 12.6 Å². The van der Waals surface area contributed by atoms with Gasteiger partial charge >= 0.3 is 0 Å². The Bertz CT molecular complexity index is 292. The van der Waals surface area contributed by atoms with Crippen LogP contribution in [0.2, 0.25) is 0 Å². The van der Waals surface area contributed by atoms with E-state index >= 15 is 0 Å². The predicted molar refractivity (Wildman–Crippen MR) is 146 cm³/mol. The molecule has 2 unspecified atom stereocenters. The first kappa shape index (κ1) is 33.1. The quantitative estimate of drug-likeness (QED) is 0.459. The molecule has 1 saturated heterocycles. The molecule has 1 heterocycles. The van der Waals surface area contributed by atoms with Crippen molar-refractivity contribution in [3.8, 4) is 0 Å². The van der Waals surface area contributed by atoms with Crippen LogP contribution >= 0.6 is 0 Å². The third-order valence-corrected chi connectivity index (χ3v) is 7.11. The highest BCUT2D eigenvalue weighted by Crippen LogP contribution is 2.37. The molecule has 0 bridgehead atoms. The van der Waals surface area contributed by atoms with Gasteiger partial charge in [0, 0.05) is 6.04 Å². The van der Waals surface area contributed by atoms with Crippen molar-refractivity contribution in [2.75, 3.05) is 6.54 Å². The SMILES string of the molecule is C1CCCCC1.CC.CC.CC1CCC(C)(C)CC1.CCCC1CCCNC1CCC. The molecule has 2 atom stereocenters. The summed E-state index contributed by atoms with van der Waals surface area (Å²) in [4.78, 5) is 0. The van der Waals surface area contributed by atoms with Gasteiger partial charge in [0.2, 0.25) is 0 Å². The molecular weight excluding hydrogens is 374 g/mol. The van der Waals surface area contributed by atoms with Crippen molar-refractivity contribution in [2.45, 2.75) is 171 Å². The monoisotopic (exact) mass is 440 g/mol. The van der Waals surface area contributed by atoms with E-state index in [4.69, 9.17) is 0 Å². The van der Waals surface area contributed by atoms with Crippen molar-refractivity contribution < 1.29 is 0 Å². The van der Waals surface area contributed by atoms with Crippen molar-refractivity contribution in [3.63, 3.8) is 0 Å². The fourth-order valence-electron chi connectivity index (χ4n) is 4.99. The van der Waals surface area contributed by atoms with E-state index in [1.54, 1.807) is 0 Å². The lowest BCUT2D eigenvalue weighted by Gasteiger charge is -2.32. The lowest BCUT2D eigenvalue weighted by molar-refractivity contribution is 0.201. The average Bonchev–Trinajstić information content (AvgIpc) is 2.82. The second-order valence-electron chi connectivity index (χ2n) is 10.5. The Balaban J connectivity index is 0. The van der Waals surface area contributed by atoms with Gasteiger partial charge in [-0.3, -0.25) is 0 Å². The van der Waals surface area contributed by atoms with E-state index in [-0.39, 0.29) is 0 Å². The normalized spacial score (nSPS) is 25.1. The van der Waals surface area contributed by atoms with Crippen molar-refractivity contribution in [1.29, 1.82) is 0 Å². The highest BCUT2D eigenvalue weighted by molar-refractivity contribution is 4.80. The predicted octanol–water partition coefficient (Wildman–Crippen LogP) is 10.6. The summed E-state index contributed by atoms with van der Waals surface area (Å²) in [6.45, 7) is 21.0. The van der Waals surface area contributed by atoms with Crippen LogP contribution in [0.1, 0.15) is 165 Å². The molecule has 0 amide bonds. The highest BCUT2D eigenvalue weighted by atomic mass is 14.9. The van der Waals surface area contributed by atoms with E-state index in [2.05, 4.69) is 39.9 Å². The van der Waals surface area contributed by atoms with Crippen LogP contribution in [0.15, 0.2) is 0 Å². The molecule has 0 aromatic carbocycles. The van der Waals surface area contributed by atoms with Gasteiger partial charge in [0.05, 0.1) is 0 Å². The largest absolute Gasteiger partial charge is 0.314 e. The van der Waals surface area contributed by atoms with E-state index in [1.807, 2.05) is 27.7 Å². The molecule has 0 radical (unpaired) electrons. The zero-order chi connectivity index (χ0) is 24.0. The first-order valence-corrected chi connectivity index (χ1v) is 14.7. The van der Waals surface area contributed by atoms with E-state index in [0.717, 1.165) is 17.9 Å². The third kappa shape index (κ3) is 19.2. The van der Waals surface area contributed by atoms with Gasteiger partial charge in [0.1, 0.15) is 0 Å². The number of hydrogen-bond donors (Lipinski definition) is 1. The molecule has 3 rings (SSSR count). The van der Waals surface area contributed by atoms with E-state index < -0.39 is 0 Å². The van der Waals surface area contributed by atoms with Crippen molar-refractivity contribution in [3.05, 3.63) is 0 Å². The highest BCUT2D eigenvalue weighted by Gasteiger charge is 2.24. The molecule has 3 aliphatic rings. The van der Waals surface area contributed by atoms with Crippen molar-refractivity contribution >= 4 is 0 Å². The Labute approximate surface area is 200 Å². The van der Waals surface area contributed by atoms with Crippen LogP contribution in [0.3, 0.4) is 0 Å². The summed E-state index contributed by atoms with van der Waals surface area (Å²) in [5, 5.41) is 3.65. The minimum Gasteiger partial charge on any atom is -0.314 e. The number of piperidine rings is 1. The molecule has 1 N–H and O–H groups in total. The van der Waals surface area contributed by atoms with Crippen LogP contribution in [0.4, 0.5) is 0 Å².